The Morgan fingerprint density at radius 1 is 1.42 bits per heavy atom. The first-order valence-electron chi connectivity index (χ1n) is 6.98. The number of hydrogen-bond acceptors (Lipinski definition) is 3. The zero-order valence-electron chi connectivity index (χ0n) is 11.4. The average molecular weight is 262 g/mol. The lowest BCUT2D eigenvalue weighted by molar-refractivity contribution is 0.0629. The van der Waals surface area contributed by atoms with E-state index >= 15 is 0 Å². The highest BCUT2D eigenvalue weighted by atomic mass is 16.3. The molecule has 1 heterocycles. The number of likely N-dealkylation sites (N-methyl/N-ethyl adjacent to an activating group) is 1. The normalized spacial score (nSPS) is 16.9. The highest BCUT2D eigenvalue weighted by molar-refractivity contribution is 5.96. The Hall–Kier alpha value is -1.39. The maximum Gasteiger partial charge on any atom is 0.254 e. The van der Waals surface area contributed by atoms with Crippen LogP contribution in [0, 0.1) is 0 Å². The predicted molar refractivity (Wildman–Crippen MR) is 75.2 cm³/mol. The number of benzene rings is 1. The highest BCUT2D eigenvalue weighted by Crippen LogP contribution is 2.18. The number of amides is 1. The molecule has 0 fully saturated rings. The van der Waals surface area contributed by atoms with E-state index in [0.29, 0.717) is 13.1 Å². The summed E-state index contributed by atoms with van der Waals surface area (Å²) in [5.74, 6) is 0.0450. The van der Waals surface area contributed by atoms with Crippen molar-refractivity contribution >= 4 is 5.91 Å². The van der Waals surface area contributed by atoms with E-state index in [-0.39, 0.29) is 5.91 Å². The van der Waals surface area contributed by atoms with Crippen molar-refractivity contribution in [3.8, 4) is 0 Å². The summed E-state index contributed by atoms with van der Waals surface area (Å²) < 4.78 is 0. The second-order valence-corrected chi connectivity index (χ2v) is 4.97. The van der Waals surface area contributed by atoms with Gasteiger partial charge in [0.05, 0.1) is 6.10 Å². The van der Waals surface area contributed by atoms with Gasteiger partial charge in [-0.1, -0.05) is 25.1 Å². The molecule has 0 saturated carbocycles. The molecule has 1 aromatic carbocycles. The van der Waals surface area contributed by atoms with Gasteiger partial charge in [0, 0.05) is 25.2 Å². The molecule has 0 aliphatic carbocycles. The van der Waals surface area contributed by atoms with Crippen LogP contribution in [0.4, 0.5) is 0 Å². The predicted octanol–water partition coefficient (Wildman–Crippen LogP) is 1.05. The number of β-amino-alcohol motifs (C(OH)–C–C–N with tert-alkyl or cyclic N) is 1. The van der Waals surface area contributed by atoms with E-state index in [1.807, 2.05) is 31.2 Å². The number of carbonyl (C=O) groups excluding carboxylic acids is 1. The van der Waals surface area contributed by atoms with Crippen molar-refractivity contribution in [2.24, 2.45) is 0 Å². The van der Waals surface area contributed by atoms with E-state index in [1.54, 1.807) is 4.90 Å². The summed E-state index contributed by atoms with van der Waals surface area (Å²) in [5.41, 5.74) is 1.91. The van der Waals surface area contributed by atoms with E-state index in [4.69, 9.17) is 0 Å². The van der Waals surface area contributed by atoms with Crippen LogP contribution in [-0.2, 0) is 6.42 Å². The summed E-state index contributed by atoms with van der Waals surface area (Å²) in [6.07, 6.45) is 1.38. The number of aryl methyl sites for hydroxylation is 1. The fourth-order valence-electron chi connectivity index (χ4n) is 2.48. The molecule has 0 spiro atoms. The molecule has 2 rings (SSSR count). The maximum atomic E-state index is 12.4. The second-order valence-electron chi connectivity index (χ2n) is 4.97. The molecule has 0 bridgehead atoms. The molecule has 104 valence electrons. The van der Waals surface area contributed by atoms with Crippen molar-refractivity contribution in [1.82, 2.24) is 10.2 Å². The summed E-state index contributed by atoms with van der Waals surface area (Å²) in [6, 6.07) is 7.77. The fourth-order valence-corrected chi connectivity index (χ4v) is 2.48. The smallest absolute Gasteiger partial charge is 0.254 e. The molecule has 4 nitrogen and oxygen atoms in total. The molecule has 4 heteroatoms. The van der Waals surface area contributed by atoms with Crippen molar-refractivity contribution in [3.05, 3.63) is 35.4 Å². The van der Waals surface area contributed by atoms with Crippen LogP contribution in [0.15, 0.2) is 24.3 Å². The molecular formula is C15H22N2O2. The van der Waals surface area contributed by atoms with Gasteiger partial charge in [-0.2, -0.15) is 0 Å². The van der Waals surface area contributed by atoms with Crippen LogP contribution in [0.1, 0.15) is 29.3 Å². The number of nitrogens with one attached hydrogen (secondary N) is 1. The molecule has 0 aromatic heterocycles. The summed E-state index contributed by atoms with van der Waals surface area (Å²) >= 11 is 0. The molecule has 1 unspecified atom stereocenters. The van der Waals surface area contributed by atoms with Gasteiger partial charge >= 0.3 is 0 Å². The Morgan fingerprint density at radius 3 is 3.00 bits per heavy atom. The van der Waals surface area contributed by atoms with Gasteiger partial charge in [0.15, 0.2) is 0 Å². The molecule has 2 N–H and O–H groups in total. The van der Waals surface area contributed by atoms with Gasteiger partial charge in [-0.25, -0.2) is 0 Å². The number of fused-ring (bicyclic) bond motifs is 1. The lowest BCUT2D eigenvalue weighted by atomic mass is 10.0. The lowest BCUT2D eigenvalue weighted by Crippen LogP contribution is -2.41. The number of hydrogen-bond donors (Lipinski definition) is 2. The molecule has 1 aromatic rings. The summed E-state index contributed by atoms with van der Waals surface area (Å²) in [4.78, 5) is 14.2. The van der Waals surface area contributed by atoms with Crippen molar-refractivity contribution in [1.29, 1.82) is 0 Å². The SMILES string of the molecule is CCNCC(O)CN1CCCc2ccccc2C1=O. The van der Waals surface area contributed by atoms with Crippen molar-refractivity contribution < 1.29 is 9.90 Å². The van der Waals surface area contributed by atoms with Crippen LogP contribution < -0.4 is 5.32 Å². The molecule has 1 aliphatic heterocycles. The van der Waals surface area contributed by atoms with E-state index in [2.05, 4.69) is 5.32 Å². The minimum absolute atomic E-state index is 0.0450. The van der Waals surface area contributed by atoms with Crippen LogP contribution in [0.5, 0.6) is 0 Å². The second kappa shape index (κ2) is 6.68. The Labute approximate surface area is 114 Å². The Morgan fingerprint density at radius 2 is 2.21 bits per heavy atom. The van der Waals surface area contributed by atoms with E-state index < -0.39 is 6.10 Å². The third-order valence-corrected chi connectivity index (χ3v) is 3.47. The third kappa shape index (κ3) is 3.55. The Kier molecular flexibility index (Phi) is 4.93. The minimum Gasteiger partial charge on any atom is -0.390 e. The maximum absolute atomic E-state index is 12.4. The quantitative estimate of drug-likeness (QED) is 0.834. The zero-order valence-corrected chi connectivity index (χ0v) is 11.4. The van der Waals surface area contributed by atoms with E-state index in [0.717, 1.165) is 37.1 Å². The molecule has 0 saturated heterocycles. The molecule has 19 heavy (non-hydrogen) atoms. The first-order chi connectivity index (χ1) is 9.22. The van der Waals surface area contributed by atoms with Crippen molar-refractivity contribution in [2.75, 3.05) is 26.2 Å². The van der Waals surface area contributed by atoms with Gasteiger partial charge in [-0.05, 0) is 31.0 Å². The zero-order chi connectivity index (χ0) is 13.7. The number of nitrogens with zero attached hydrogens (tertiary/aromatic N) is 1. The number of rotatable bonds is 5. The first kappa shape index (κ1) is 14.0. The Bertz CT molecular complexity index is 434. The van der Waals surface area contributed by atoms with Crippen molar-refractivity contribution in [2.45, 2.75) is 25.9 Å². The molecular weight excluding hydrogens is 240 g/mol. The first-order valence-corrected chi connectivity index (χ1v) is 6.98. The van der Waals surface area contributed by atoms with Gasteiger partial charge in [0.1, 0.15) is 0 Å². The van der Waals surface area contributed by atoms with Gasteiger partial charge < -0.3 is 15.3 Å². The molecule has 1 amide bonds. The molecule has 1 atom stereocenters. The largest absolute Gasteiger partial charge is 0.390 e. The van der Waals surface area contributed by atoms with Gasteiger partial charge in [0.25, 0.3) is 5.91 Å². The van der Waals surface area contributed by atoms with Crippen molar-refractivity contribution in [3.63, 3.8) is 0 Å². The van der Waals surface area contributed by atoms with Gasteiger partial charge in [-0.3, -0.25) is 4.79 Å². The summed E-state index contributed by atoms with van der Waals surface area (Å²) in [7, 11) is 0. The number of carbonyl (C=O) groups is 1. The average Bonchev–Trinajstić information content (AvgIpc) is 2.58. The van der Waals surface area contributed by atoms with Gasteiger partial charge in [-0.15, -0.1) is 0 Å². The van der Waals surface area contributed by atoms with E-state index in [9.17, 15) is 9.90 Å². The molecule has 0 radical (unpaired) electrons. The summed E-state index contributed by atoms with van der Waals surface area (Å²) in [5, 5.41) is 13.0. The topological polar surface area (TPSA) is 52.6 Å². The van der Waals surface area contributed by atoms with E-state index in [1.165, 1.54) is 0 Å². The fraction of sp³-hybridized carbons (Fsp3) is 0.533. The summed E-state index contributed by atoms with van der Waals surface area (Å²) in [6.45, 7) is 4.48. The monoisotopic (exact) mass is 262 g/mol. The van der Waals surface area contributed by atoms with Crippen LogP contribution in [0.2, 0.25) is 0 Å². The standard InChI is InChI=1S/C15H22N2O2/c1-2-16-10-13(18)11-17-9-5-7-12-6-3-4-8-14(12)15(17)19/h3-4,6,8,13,16,18H,2,5,7,9-11H2,1H3. The number of aliphatic hydroxyl groups is 1. The Balaban J connectivity index is 2.05. The third-order valence-electron chi connectivity index (χ3n) is 3.47. The lowest BCUT2D eigenvalue weighted by Gasteiger charge is -2.24. The van der Waals surface area contributed by atoms with Crippen LogP contribution in [-0.4, -0.2) is 48.2 Å². The number of aliphatic hydroxyl groups excluding tert-OH is 1. The van der Waals surface area contributed by atoms with Crippen LogP contribution in [0.3, 0.4) is 0 Å². The van der Waals surface area contributed by atoms with Crippen LogP contribution in [0.25, 0.3) is 0 Å². The molecule has 1 aliphatic rings. The van der Waals surface area contributed by atoms with Crippen LogP contribution >= 0.6 is 0 Å². The highest BCUT2D eigenvalue weighted by Gasteiger charge is 2.23. The minimum atomic E-state index is -0.505. The van der Waals surface area contributed by atoms with Gasteiger partial charge in [0.2, 0.25) is 0 Å².